The molecule has 0 heterocycles. The van der Waals surface area contributed by atoms with E-state index in [0.29, 0.717) is 0 Å². The standard InChI is InChI=1S/C9H18FNO2/c1-7(6-10)11(5)8(12)13-9(2,3)4/h7H,6H2,1-5H3/t7-/m0/s1. The van der Waals surface area contributed by atoms with Crippen LogP contribution in [0, 0.1) is 0 Å². The first-order chi connectivity index (χ1) is 5.78. The van der Waals surface area contributed by atoms with Crippen LogP contribution in [0.4, 0.5) is 9.18 Å². The van der Waals surface area contributed by atoms with Gasteiger partial charge in [0, 0.05) is 7.05 Å². The van der Waals surface area contributed by atoms with Crippen LogP contribution >= 0.6 is 0 Å². The minimum Gasteiger partial charge on any atom is -0.444 e. The van der Waals surface area contributed by atoms with Crippen molar-refractivity contribution in [1.29, 1.82) is 0 Å². The average molecular weight is 191 g/mol. The van der Waals surface area contributed by atoms with Gasteiger partial charge in [0.1, 0.15) is 12.3 Å². The summed E-state index contributed by atoms with van der Waals surface area (Å²) in [5.74, 6) is 0. The van der Waals surface area contributed by atoms with Gasteiger partial charge in [-0.15, -0.1) is 0 Å². The Morgan fingerprint density at radius 1 is 1.54 bits per heavy atom. The van der Waals surface area contributed by atoms with Gasteiger partial charge in [0.05, 0.1) is 6.04 Å². The van der Waals surface area contributed by atoms with Crippen LogP contribution in [-0.4, -0.2) is 36.4 Å². The lowest BCUT2D eigenvalue weighted by Gasteiger charge is -2.27. The summed E-state index contributed by atoms with van der Waals surface area (Å²) in [6.07, 6.45) is -0.488. The molecule has 0 bridgehead atoms. The van der Waals surface area contributed by atoms with Crippen molar-refractivity contribution in [3.8, 4) is 0 Å². The van der Waals surface area contributed by atoms with E-state index in [1.54, 1.807) is 27.7 Å². The first-order valence-electron chi connectivity index (χ1n) is 4.29. The van der Waals surface area contributed by atoms with Crippen LogP contribution < -0.4 is 0 Å². The van der Waals surface area contributed by atoms with Gasteiger partial charge in [-0.25, -0.2) is 9.18 Å². The highest BCUT2D eigenvalue weighted by Gasteiger charge is 2.22. The Labute approximate surface area is 78.9 Å². The smallest absolute Gasteiger partial charge is 0.410 e. The summed E-state index contributed by atoms with van der Waals surface area (Å²) in [6.45, 7) is 6.40. The number of ether oxygens (including phenoxy) is 1. The SMILES string of the molecule is C[C@@H](CF)N(C)C(=O)OC(C)(C)C. The number of alkyl halides is 1. The summed E-state index contributed by atoms with van der Waals surface area (Å²) >= 11 is 0. The second kappa shape index (κ2) is 4.44. The number of amides is 1. The highest BCUT2D eigenvalue weighted by atomic mass is 19.1. The Morgan fingerprint density at radius 2 is 2.00 bits per heavy atom. The third-order valence-corrected chi connectivity index (χ3v) is 1.57. The molecule has 13 heavy (non-hydrogen) atoms. The third kappa shape index (κ3) is 4.70. The molecular weight excluding hydrogens is 173 g/mol. The first kappa shape index (κ1) is 12.2. The van der Waals surface area contributed by atoms with Crippen molar-refractivity contribution in [2.75, 3.05) is 13.7 Å². The molecule has 1 atom stereocenters. The van der Waals surface area contributed by atoms with Crippen molar-refractivity contribution in [3.05, 3.63) is 0 Å². The van der Waals surface area contributed by atoms with Crippen LogP contribution in [0.15, 0.2) is 0 Å². The fraction of sp³-hybridized carbons (Fsp3) is 0.889. The lowest BCUT2D eigenvalue weighted by Crippen LogP contribution is -2.40. The summed E-state index contributed by atoms with van der Waals surface area (Å²) in [7, 11) is 1.53. The summed E-state index contributed by atoms with van der Waals surface area (Å²) < 4.78 is 17.2. The Hall–Kier alpha value is -0.800. The van der Waals surface area contributed by atoms with Crippen molar-refractivity contribution in [1.82, 2.24) is 4.90 Å². The van der Waals surface area contributed by atoms with Crippen LogP contribution in [0.25, 0.3) is 0 Å². The van der Waals surface area contributed by atoms with E-state index in [-0.39, 0.29) is 0 Å². The molecule has 0 aliphatic heterocycles. The van der Waals surface area contributed by atoms with E-state index in [1.807, 2.05) is 0 Å². The van der Waals surface area contributed by atoms with Crippen LogP contribution in [0.1, 0.15) is 27.7 Å². The molecule has 0 rings (SSSR count). The second-order valence-corrected chi connectivity index (χ2v) is 4.09. The second-order valence-electron chi connectivity index (χ2n) is 4.09. The van der Waals surface area contributed by atoms with Crippen molar-refractivity contribution in [3.63, 3.8) is 0 Å². The summed E-state index contributed by atoms with van der Waals surface area (Å²) in [6, 6.07) is -0.435. The van der Waals surface area contributed by atoms with Gasteiger partial charge in [-0.1, -0.05) is 0 Å². The number of carbonyl (C=O) groups excluding carboxylic acids is 1. The van der Waals surface area contributed by atoms with Gasteiger partial charge >= 0.3 is 6.09 Å². The molecule has 0 N–H and O–H groups in total. The largest absolute Gasteiger partial charge is 0.444 e. The number of nitrogens with zero attached hydrogens (tertiary/aromatic N) is 1. The van der Waals surface area contributed by atoms with Gasteiger partial charge in [0.2, 0.25) is 0 Å². The van der Waals surface area contributed by atoms with E-state index in [0.717, 1.165) is 0 Å². The molecule has 78 valence electrons. The Kier molecular flexibility index (Phi) is 4.17. The number of hydrogen-bond acceptors (Lipinski definition) is 2. The van der Waals surface area contributed by atoms with E-state index in [9.17, 15) is 9.18 Å². The van der Waals surface area contributed by atoms with Crippen molar-refractivity contribution in [2.45, 2.75) is 39.3 Å². The Morgan fingerprint density at radius 3 is 2.31 bits per heavy atom. The zero-order chi connectivity index (χ0) is 10.6. The molecule has 0 fully saturated rings. The Bertz CT molecular complexity index is 177. The fourth-order valence-corrected chi connectivity index (χ4v) is 0.617. The first-order valence-corrected chi connectivity index (χ1v) is 4.29. The molecule has 3 nitrogen and oxygen atoms in total. The molecule has 0 aliphatic carbocycles. The van der Waals surface area contributed by atoms with Gasteiger partial charge in [0.15, 0.2) is 0 Å². The average Bonchev–Trinajstić information content (AvgIpc) is 1.98. The predicted molar refractivity (Wildman–Crippen MR) is 49.4 cm³/mol. The molecule has 0 radical (unpaired) electrons. The molecule has 0 aliphatic rings. The molecule has 0 spiro atoms. The van der Waals surface area contributed by atoms with E-state index in [2.05, 4.69) is 0 Å². The molecule has 4 heteroatoms. The maximum absolute atomic E-state index is 12.2. The Balaban J connectivity index is 4.12. The predicted octanol–water partition coefficient (Wildman–Crippen LogP) is 2.21. The van der Waals surface area contributed by atoms with Crippen LogP contribution in [0.3, 0.4) is 0 Å². The van der Waals surface area contributed by atoms with E-state index in [4.69, 9.17) is 4.74 Å². The van der Waals surface area contributed by atoms with Crippen LogP contribution in [-0.2, 0) is 4.74 Å². The van der Waals surface area contributed by atoms with Crippen molar-refractivity contribution < 1.29 is 13.9 Å². The number of rotatable bonds is 2. The number of halogens is 1. The van der Waals surface area contributed by atoms with Gasteiger partial charge in [-0.2, -0.15) is 0 Å². The van der Waals surface area contributed by atoms with Gasteiger partial charge in [0.25, 0.3) is 0 Å². The van der Waals surface area contributed by atoms with E-state index in [1.165, 1.54) is 11.9 Å². The van der Waals surface area contributed by atoms with E-state index >= 15 is 0 Å². The quantitative estimate of drug-likeness (QED) is 0.669. The van der Waals surface area contributed by atoms with Gasteiger partial charge < -0.3 is 9.64 Å². The molecular formula is C9H18FNO2. The lowest BCUT2D eigenvalue weighted by molar-refractivity contribution is 0.0216. The minimum absolute atomic E-state index is 0.435. The van der Waals surface area contributed by atoms with Crippen molar-refractivity contribution >= 4 is 6.09 Å². The molecule has 0 aromatic rings. The highest BCUT2D eigenvalue weighted by molar-refractivity contribution is 5.68. The fourth-order valence-electron chi connectivity index (χ4n) is 0.617. The summed E-state index contributed by atoms with van der Waals surface area (Å²) in [4.78, 5) is 12.6. The van der Waals surface area contributed by atoms with Gasteiger partial charge in [-0.05, 0) is 27.7 Å². The highest BCUT2D eigenvalue weighted by Crippen LogP contribution is 2.10. The zero-order valence-electron chi connectivity index (χ0n) is 8.93. The maximum Gasteiger partial charge on any atom is 0.410 e. The lowest BCUT2D eigenvalue weighted by atomic mass is 10.2. The molecule has 0 aromatic heterocycles. The maximum atomic E-state index is 12.2. The van der Waals surface area contributed by atoms with Crippen LogP contribution in [0.2, 0.25) is 0 Å². The number of hydrogen-bond donors (Lipinski definition) is 0. The summed E-state index contributed by atoms with van der Waals surface area (Å²) in [5, 5.41) is 0. The molecule has 0 aromatic carbocycles. The third-order valence-electron chi connectivity index (χ3n) is 1.57. The van der Waals surface area contributed by atoms with E-state index < -0.39 is 24.4 Å². The number of carbonyl (C=O) groups is 1. The van der Waals surface area contributed by atoms with Gasteiger partial charge in [-0.3, -0.25) is 0 Å². The summed E-state index contributed by atoms with van der Waals surface area (Å²) in [5.41, 5.74) is -0.526. The monoisotopic (exact) mass is 191 g/mol. The molecule has 0 unspecified atom stereocenters. The minimum atomic E-state index is -0.560. The van der Waals surface area contributed by atoms with Crippen molar-refractivity contribution in [2.24, 2.45) is 0 Å². The van der Waals surface area contributed by atoms with Crippen LogP contribution in [0.5, 0.6) is 0 Å². The zero-order valence-corrected chi connectivity index (χ0v) is 8.93. The molecule has 0 saturated carbocycles. The molecule has 0 saturated heterocycles. The normalized spacial score (nSPS) is 13.7. The molecule has 1 amide bonds. The topological polar surface area (TPSA) is 29.5 Å².